The van der Waals surface area contributed by atoms with E-state index in [1.807, 2.05) is 14.1 Å². The van der Waals surface area contributed by atoms with Crippen molar-refractivity contribution in [3.05, 3.63) is 12.7 Å². The van der Waals surface area contributed by atoms with Crippen LogP contribution in [0.4, 0.5) is 0 Å². The number of quaternary nitrogens is 1. The molecule has 0 aromatic heterocycles. The largest absolute Gasteiger partial charge is 0.756 e. The highest BCUT2D eigenvalue weighted by atomic mass is 31.2. The molecular formula is C12H24NO6P. The quantitative estimate of drug-likeness (QED) is 0.256. The molecular weight excluding hydrogens is 285 g/mol. The highest BCUT2D eigenvalue weighted by molar-refractivity contribution is 7.45. The number of phosphoric ester groups is 1. The molecule has 0 aromatic carbocycles. The third-order valence-corrected chi connectivity index (χ3v) is 3.57. The predicted octanol–water partition coefficient (Wildman–Crippen LogP) is 0.702. The van der Waals surface area contributed by atoms with Gasteiger partial charge in [-0.2, -0.15) is 0 Å². The Morgan fingerprint density at radius 1 is 1.35 bits per heavy atom. The molecule has 1 atom stereocenters. The lowest BCUT2D eigenvalue weighted by Crippen LogP contribution is -2.45. The van der Waals surface area contributed by atoms with Gasteiger partial charge in [-0.25, -0.2) is 4.79 Å². The van der Waals surface area contributed by atoms with Crippen LogP contribution in [0.25, 0.3) is 0 Å². The summed E-state index contributed by atoms with van der Waals surface area (Å²) in [6.07, 6.45) is 0.652. The Morgan fingerprint density at radius 3 is 2.40 bits per heavy atom. The van der Waals surface area contributed by atoms with Crippen molar-refractivity contribution in [3.63, 3.8) is 0 Å². The van der Waals surface area contributed by atoms with E-state index in [0.29, 0.717) is 17.6 Å². The van der Waals surface area contributed by atoms with Crippen LogP contribution in [0.15, 0.2) is 12.7 Å². The average molecular weight is 309 g/mol. The first kappa shape index (κ1) is 19.3. The van der Waals surface area contributed by atoms with Crippen molar-refractivity contribution < 1.29 is 32.5 Å². The second-order valence-electron chi connectivity index (χ2n) is 5.19. The van der Waals surface area contributed by atoms with Crippen LogP contribution in [0.2, 0.25) is 0 Å². The number of nitrogens with zero attached hydrogens (tertiary/aromatic N) is 1. The molecule has 118 valence electrons. The van der Waals surface area contributed by atoms with Gasteiger partial charge in [-0.1, -0.05) is 6.58 Å². The van der Waals surface area contributed by atoms with Gasteiger partial charge in [0.15, 0.2) is 0 Å². The van der Waals surface area contributed by atoms with Crippen LogP contribution in [-0.4, -0.2) is 57.0 Å². The topological polar surface area (TPSA) is 84.9 Å². The summed E-state index contributed by atoms with van der Waals surface area (Å²) in [5.74, 6) is -0.476. The average Bonchev–Trinajstić information content (AvgIpc) is 2.25. The minimum atomic E-state index is -4.24. The van der Waals surface area contributed by atoms with Crippen LogP contribution in [0.5, 0.6) is 0 Å². The lowest BCUT2D eigenvalue weighted by molar-refractivity contribution is -0.890. The highest BCUT2D eigenvalue weighted by Gasteiger charge is 2.18. The maximum Gasteiger partial charge on any atom is 0.330 e. The van der Waals surface area contributed by atoms with Gasteiger partial charge < -0.3 is 23.2 Å². The lowest BCUT2D eigenvalue weighted by atomic mass is 10.4. The van der Waals surface area contributed by atoms with Crippen molar-refractivity contribution in [2.75, 3.05) is 40.4 Å². The van der Waals surface area contributed by atoms with Gasteiger partial charge >= 0.3 is 5.97 Å². The number of carbonyl (C=O) groups excluding carboxylic acids is 1. The van der Waals surface area contributed by atoms with Gasteiger partial charge in [-0.3, -0.25) is 4.57 Å². The molecule has 0 saturated carbocycles. The third kappa shape index (κ3) is 10.1. The minimum Gasteiger partial charge on any atom is -0.756 e. The molecule has 0 aliphatic carbocycles. The molecule has 0 aromatic rings. The monoisotopic (exact) mass is 309 g/mol. The third-order valence-electron chi connectivity index (χ3n) is 2.39. The fourth-order valence-corrected chi connectivity index (χ4v) is 2.13. The molecule has 0 fully saturated rings. The number of ether oxygens (including phenoxy) is 1. The molecule has 0 N–H and O–H groups in total. The van der Waals surface area contributed by atoms with Crippen molar-refractivity contribution in [2.24, 2.45) is 0 Å². The fourth-order valence-electron chi connectivity index (χ4n) is 1.25. The van der Waals surface area contributed by atoms with E-state index in [4.69, 9.17) is 9.26 Å². The van der Waals surface area contributed by atoms with E-state index in [-0.39, 0.29) is 13.2 Å². The number of esters is 1. The smallest absolute Gasteiger partial charge is 0.330 e. The first-order chi connectivity index (χ1) is 9.08. The Hall–Kier alpha value is -0.720. The van der Waals surface area contributed by atoms with Crippen molar-refractivity contribution in [1.82, 2.24) is 0 Å². The SMILES string of the molecule is C=CC(=O)OCC[N+](C)(C)CCOP(=O)([O-])OC(C)C. The van der Waals surface area contributed by atoms with Gasteiger partial charge in [0.2, 0.25) is 0 Å². The molecule has 0 heterocycles. The molecule has 0 amide bonds. The number of rotatable bonds is 10. The second-order valence-corrected chi connectivity index (χ2v) is 6.55. The Balaban J connectivity index is 4.00. The molecule has 0 saturated heterocycles. The lowest BCUT2D eigenvalue weighted by Gasteiger charge is -2.31. The summed E-state index contributed by atoms with van der Waals surface area (Å²) >= 11 is 0. The molecule has 0 rings (SSSR count). The minimum absolute atomic E-state index is 0.00982. The number of carbonyl (C=O) groups is 1. The summed E-state index contributed by atoms with van der Waals surface area (Å²) < 4.78 is 26.1. The zero-order valence-corrected chi connectivity index (χ0v) is 13.4. The van der Waals surface area contributed by atoms with E-state index in [1.165, 1.54) is 0 Å². The van der Waals surface area contributed by atoms with E-state index < -0.39 is 19.9 Å². The maximum absolute atomic E-state index is 11.4. The summed E-state index contributed by atoms with van der Waals surface area (Å²) in [6.45, 7) is 7.75. The summed E-state index contributed by atoms with van der Waals surface area (Å²) in [5, 5.41) is 0. The Bertz CT molecular complexity index is 369. The van der Waals surface area contributed by atoms with Gasteiger partial charge in [0.1, 0.15) is 26.3 Å². The van der Waals surface area contributed by atoms with Crippen molar-refractivity contribution in [1.29, 1.82) is 0 Å². The van der Waals surface area contributed by atoms with Crippen LogP contribution < -0.4 is 4.89 Å². The number of likely N-dealkylation sites (N-methyl/N-ethyl adjacent to an activating group) is 1. The van der Waals surface area contributed by atoms with Gasteiger partial charge in [-0.15, -0.1) is 0 Å². The fraction of sp³-hybridized carbons (Fsp3) is 0.750. The molecule has 20 heavy (non-hydrogen) atoms. The molecule has 0 bridgehead atoms. The number of hydrogen-bond donors (Lipinski definition) is 0. The van der Waals surface area contributed by atoms with Gasteiger partial charge in [0, 0.05) is 6.08 Å². The van der Waals surface area contributed by atoms with Gasteiger partial charge in [-0.05, 0) is 13.8 Å². The van der Waals surface area contributed by atoms with Crippen LogP contribution in [0, 0.1) is 0 Å². The van der Waals surface area contributed by atoms with Gasteiger partial charge in [0.05, 0.1) is 20.2 Å². The zero-order chi connectivity index (χ0) is 15.8. The van der Waals surface area contributed by atoms with Gasteiger partial charge in [0.25, 0.3) is 7.82 Å². The second kappa shape index (κ2) is 8.54. The Morgan fingerprint density at radius 2 is 1.90 bits per heavy atom. The summed E-state index contributed by atoms with van der Waals surface area (Å²) in [5.41, 5.74) is 0. The number of phosphoric acid groups is 1. The van der Waals surface area contributed by atoms with Crippen molar-refractivity contribution >= 4 is 13.8 Å². The van der Waals surface area contributed by atoms with E-state index >= 15 is 0 Å². The van der Waals surface area contributed by atoms with Crippen molar-refractivity contribution in [3.8, 4) is 0 Å². The normalized spacial score (nSPS) is 14.9. The molecule has 0 spiro atoms. The molecule has 0 aliphatic heterocycles. The van der Waals surface area contributed by atoms with E-state index in [1.54, 1.807) is 13.8 Å². The molecule has 1 unspecified atom stereocenters. The Labute approximate surface area is 120 Å². The van der Waals surface area contributed by atoms with Crippen LogP contribution in [0.1, 0.15) is 13.8 Å². The standard InChI is InChI=1S/C12H24NO6P/c1-6-12(14)17-9-7-13(4,5)8-10-18-20(15,16)19-11(2)3/h6,11H,1,7-10H2,2-5H3. The predicted molar refractivity (Wildman–Crippen MR) is 72.8 cm³/mol. The first-order valence-corrected chi connectivity index (χ1v) is 7.79. The zero-order valence-electron chi connectivity index (χ0n) is 12.5. The van der Waals surface area contributed by atoms with E-state index in [2.05, 4.69) is 11.1 Å². The molecule has 0 radical (unpaired) electrons. The summed E-state index contributed by atoms with van der Waals surface area (Å²) in [4.78, 5) is 22.2. The van der Waals surface area contributed by atoms with E-state index in [9.17, 15) is 14.3 Å². The summed E-state index contributed by atoms with van der Waals surface area (Å²) in [7, 11) is -0.482. The molecule has 0 aliphatic rings. The van der Waals surface area contributed by atoms with Crippen LogP contribution in [0.3, 0.4) is 0 Å². The Kier molecular flexibility index (Phi) is 8.23. The molecule has 8 heteroatoms. The highest BCUT2D eigenvalue weighted by Crippen LogP contribution is 2.39. The first-order valence-electron chi connectivity index (χ1n) is 6.33. The van der Waals surface area contributed by atoms with Crippen LogP contribution >= 0.6 is 7.82 Å². The molecule has 7 nitrogen and oxygen atoms in total. The van der Waals surface area contributed by atoms with Crippen molar-refractivity contribution in [2.45, 2.75) is 20.0 Å². The summed E-state index contributed by atoms with van der Waals surface area (Å²) in [6, 6.07) is 0. The number of hydrogen-bond acceptors (Lipinski definition) is 6. The van der Waals surface area contributed by atoms with E-state index in [0.717, 1.165) is 6.08 Å². The van der Waals surface area contributed by atoms with Crippen LogP contribution in [-0.2, 0) is 23.1 Å². The maximum atomic E-state index is 11.4.